The number of anilines is 1. The molecule has 0 aliphatic heterocycles. The molecule has 0 amide bonds. The smallest absolute Gasteiger partial charge is 0.387 e. The van der Waals surface area contributed by atoms with Gasteiger partial charge in [-0.15, -0.1) is 0 Å². The second-order valence-electron chi connectivity index (χ2n) is 3.81. The summed E-state index contributed by atoms with van der Waals surface area (Å²) in [5.74, 6) is 0.0985. The molecule has 6 heteroatoms. The maximum absolute atomic E-state index is 12.1. The molecule has 0 radical (unpaired) electrons. The summed E-state index contributed by atoms with van der Waals surface area (Å²) in [6.45, 7) is 1.22. The molecule has 2 N–H and O–H groups in total. The molecule has 0 saturated heterocycles. The summed E-state index contributed by atoms with van der Waals surface area (Å²) in [6, 6.07) is 6.53. The van der Waals surface area contributed by atoms with Crippen LogP contribution in [0, 0.1) is 0 Å². The topological polar surface area (TPSA) is 33.3 Å². The van der Waals surface area contributed by atoms with Crippen LogP contribution in [0.1, 0.15) is 20.3 Å². The van der Waals surface area contributed by atoms with Crippen LogP contribution in [0.5, 0.6) is 5.75 Å². The zero-order valence-corrected chi connectivity index (χ0v) is 11.1. The van der Waals surface area contributed by atoms with Gasteiger partial charge in [-0.1, -0.05) is 13.0 Å². The van der Waals surface area contributed by atoms with E-state index in [1.54, 1.807) is 12.1 Å². The number of nitrogens with one attached hydrogen (secondary N) is 2. The molecule has 1 rings (SSSR count). The lowest BCUT2D eigenvalue weighted by Gasteiger charge is -2.15. The Morgan fingerprint density at radius 3 is 2.78 bits per heavy atom. The number of hydrogen-bond acceptors (Lipinski definition) is 2. The van der Waals surface area contributed by atoms with Crippen LogP contribution in [0.4, 0.5) is 14.5 Å². The predicted octanol–water partition coefficient (Wildman–Crippen LogP) is 3.37. The number of hydrogen-bond donors (Lipinski definition) is 2. The van der Waals surface area contributed by atoms with Gasteiger partial charge in [0.2, 0.25) is 0 Å². The quantitative estimate of drug-likeness (QED) is 0.807. The van der Waals surface area contributed by atoms with Crippen molar-refractivity contribution >= 4 is 23.0 Å². The van der Waals surface area contributed by atoms with Crippen molar-refractivity contribution in [1.29, 1.82) is 0 Å². The van der Waals surface area contributed by atoms with E-state index in [2.05, 4.69) is 15.4 Å². The predicted molar refractivity (Wildman–Crippen MR) is 72.2 cm³/mol. The van der Waals surface area contributed by atoms with E-state index in [1.165, 1.54) is 12.1 Å². The van der Waals surface area contributed by atoms with E-state index < -0.39 is 6.61 Å². The Morgan fingerprint density at radius 2 is 2.17 bits per heavy atom. The highest BCUT2D eigenvalue weighted by molar-refractivity contribution is 7.80. The van der Waals surface area contributed by atoms with Gasteiger partial charge in [0.1, 0.15) is 5.75 Å². The maximum atomic E-state index is 12.1. The van der Waals surface area contributed by atoms with Gasteiger partial charge in [-0.3, -0.25) is 0 Å². The highest BCUT2D eigenvalue weighted by atomic mass is 32.1. The number of ether oxygens (including phenoxy) is 1. The van der Waals surface area contributed by atoms with E-state index in [1.807, 2.05) is 13.8 Å². The van der Waals surface area contributed by atoms with Crippen molar-refractivity contribution in [2.45, 2.75) is 32.9 Å². The molecule has 0 aliphatic rings. The molecule has 3 nitrogen and oxygen atoms in total. The van der Waals surface area contributed by atoms with Crippen molar-refractivity contribution < 1.29 is 13.5 Å². The summed E-state index contributed by atoms with van der Waals surface area (Å²) in [5, 5.41) is 6.44. The van der Waals surface area contributed by atoms with Crippen LogP contribution in [0.25, 0.3) is 0 Å². The van der Waals surface area contributed by atoms with Gasteiger partial charge >= 0.3 is 6.61 Å². The standard InChI is InChI=1S/C12H16F2N2OS/c1-3-8(2)15-12(18)16-9-5-4-6-10(7-9)17-11(13)14/h4-8,11H,3H2,1-2H3,(H2,15,16,18). The number of benzene rings is 1. The van der Waals surface area contributed by atoms with E-state index in [0.29, 0.717) is 10.8 Å². The largest absolute Gasteiger partial charge is 0.435 e. The Bertz CT molecular complexity index is 401. The Kier molecular flexibility index (Phi) is 5.77. The normalized spacial score (nSPS) is 12.1. The fraction of sp³-hybridized carbons (Fsp3) is 0.417. The lowest BCUT2D eigenvalue weighted by molar-refractivity contribution is -0.0497. The summed E-state index contributed by atoms with van der Waals surface area (Å²) in [4.78, 5) is 0. The minimum atomic E-state index is -2.83. The first-order valence-corrected chi connectivity index (χ1v) is 6.04. The molecule has 0 spiro atoms. The number of rotatable bonds is 5. The summed E-state index contributed by atoms with van der Waals surface area (Å²) in [6.07, 6.45) is 0.941. The third-order valence-electron chi connectivity index (χ3n) is 2.31. The SMILES string of the molecule is CCC(C)NC(=S)Nc1cccc(OC(F)F)c1. The molecule has 1 aromatic rings. The molecule has 100 valence electrons. The first-order valence-electron chi connectivity index (χ1n) is 5.63. The molecule has 1 atom stereocenters. The molecule has 0 saturated carbocycles. The lowest BCUT2D eigenvalue weighted by Crippen LogP contribution is -2.35. The van der Waals surface area contributed by atoms with E-state index in [0.717, 1.165) is 6.42 Å². The average molecular weight is 274 g/mol. The van der Waals surface area contributed by atoms with Crippen molar-refractivity contribution in [3.05, 3.63) is 24.3 Å². The molecular formula is C12H16F2N2OS. The second kappa shape index (κ2) is 7.10. The van der Waals surface area contributed by atoms with E-state index in [4.69, 9.17) is 12.2 Å². The van der Waals surface area contributed by atoms with Gasteiger partial charge in [0, 0.05) is 17.8 Å². The molecule has 1 aromatic carbocycles. The monoisotopic (exact) mass is 274 g/mol. The number of alkyl halides is 2. The van der Waals surface area contributed by atoms with Gasteiger partial charge in [-0.25, -0.2) is 0 Å². The fourth-order valence-corrected chi connectivity index (χ4v) is 1.56. The first kappa shape index (κ1) is 14.6. The molecule has 0 heterocycles. The minimum absolute atomic E-state index is 0.0985. The van der Waals surface area contributed by atoms with Gasteiger partial charge in [0.05, 0.1) is 0 Å². The van der Waals surface area contributed by atoms with Crippen LogP contribution in [0.2, 0.25) is 0 Å². The van der Waals surface area contributed by atoms with Crippen LogP contribution in [0.15, 0.2) is 24.3 Å². The highest BCUT2D eigenvalue weighted by Crippen LogP contribution is 2.19. The zero-order chi connectivity index (χ0) is 13.5. The zero-order valence-electron chi connectivity index (χ0n) is 10.2. The highest BCUT2D eigenvalue weighted by Gasteiger charge is 2.06. The van der Waals surface area contributed by atoms with Gasteiger partial charge in [0.25, 0.3) is 0 Å². The summed E-state index contributed by atoms with van der Waals surface area (Å²) >= 11 is 5.10. The van der Waals surface area contributed by atoms with Crippen LogP contribution in [0.3, 0.4) is 0 Å². The summed E-state index contributed by atoms with van der Waals surface area (Å²) in [5.41, 5.74) is 0.606. The molecular weight excluding hydrogens is 258 g/mol. The fourth-order valence-electron chi connectivity index (χ4n) is 1.24. The third-order valence-corrected chi connectivity index (χ3v) is 2.53. The summed E-state index contributed by atoms with van der Waals surface area (Å²) < 4.78 is 28.4. The second-order valence-corrected chi connectivity index (χ2v) is 4.22. The first-order chi connectivity index (χ1) is 8.51. The molecule has 1 unspecified atom stereocenters. The number of halogens is 2. The van der Waals surface area contributed by atoms with Crippen LogP contribution < -0.4 is 15.4 Å². The van der Waals surface area contributed by atoms with Gasteiger partial charge in [-0.2, -0.15) is 8.78 Å². The molecule has 0 fully saturated rings. The average Bonchev–Trinajstić information content (AvgIpc) is 2.28. The van der Waals surface area contributed by atoms with Crippen LogP contribution in [-0.2, 0) is 0 Å². The van der Waals surface area contributed by atoms with Gasteiger partial charge < -0.3 is 15.4 Å². The molecule has 0 bridgehead atoms. The van der Waals surface area contributed by atoms with Crippen LogP contribution >= 0.6 is 12.2 Å². The Hall–Kier alpha value is -1.43. The van der Waals surface area contributed by atoms with Crippen LogP contribution in [-0.4, -0.2) is 17.8 Å². The molecule has 0 aliphatic carbocycles. The van der Waals surface area contributed by atoms with Crippen molar-refractivity contribution in [2.75, 3.05) is 5.32 Å². The number of thiocarbonyl (C=S) groups is 1. The Morgan fingerprint density at radius 1 is 1.44 bits per heavy atom. The minimum Gasteiger partial charge on any atom is -0.435 e. The van der Waals surface area contributed by atoms with Gasteiger partial charge in [0.15, 0.2) is 5.11 Å². The van der Waals surface area contributed by atoms with Crippen molar-refractivity contribution in [2.24, 2.45) is 0 Å². The van der Waals surface area contributed by atoms with E-state index in [-0.39, 0.29) is 11.8 Å². The summed E-state index contributed by atoms with van der Waals surface area (Å²) in [7, 11) is 0. The van der Waals surface area contributed by atoms with Gasteiger partial charge in [-0.05, 0) is 37.7 Å². The Balaban J connectivity index is 2.59. The van der Waals surface area contributed by atoms with Crippen molar-refractivity contribution in [1.82, 2.24) is 5.32 Å². The van der Waals surface area contributed by atoms with Crippen molar-refractivity contribution in [3.8, 4) is 5.75 Å². The van der Waals surface area contributed by atoms with Crippen molar-refractivity contribution in [3.63, 3.8) is 0 Å². The van der Waals surface area contributed by atoms with E-state index >= 15 is 0 Å². The molecule has 0 aromatic heterocycles. The maximum Gasteiger partial charge on any atom is 0.387 e. The molecule has 18 heavy (non-hydrogen) atoms. The van der Waals surface area contributed by atoms with E-state index in [9.17, 15) is 8.78 Å². The Labute approximate surface area is 111 Å². The third kappa shape index (κ3) is 5.27. The lowest BCUT2D eigenvalue weighted by atomic mass is 10.3.